The summed E-state index contributed by atoms with van der Waals surface area (Å²) in [7, 11) is 0. The van der Waals surface area contributed by atoms with E-state index in [-0.39, 0.29) is 0 Å². The third-order valence-corrected chi connectivity index (χ3v) is 6.43. The Labute approximate surface area is 128 Å². The number of hydrogen-bond acceptors (Lipinski definition) is 3. The highest BCUT2D eigenvalue weighted by molar-refractivity contribution is 9.10. The van der Waals surface area contributed by atoms with Crippen molar-refractivity contribution in [3.05, 3.63) is 55.5 Å². The van der Waals surface area contributed by atoms with Gasteiger partial charge in [0, 0.05) is 25.3 Å². The van der Waals surface area contributed by atoms with Crippen LogP contribution in [0.25, 0.3) is 10.1 Å². The Balaban J connectivity index is 1.88. The lowest BCUT2D eigenvalue weighted by atomic mass is 10.1. The van der Waals surface area contributed by atoms with Crippen molar-refractivity contribution in [2.45, 2.75) is 19.4 Å². The summed E-state index contributed by atoms with van der Waals surface area (Å²) < 4.78 is 2.37. The van der Waals surface area contributed by atoms with Crippen LogP contribution in [-0.2, 0) is 6.42 Å². The highest BCUT2D eigenvalue weighted by Gasteiger charge is 2.15. The van der Waals surface area contributed by atoms with E-state index in [0.29, 0.717) is 6.42 Å². The summed E-state index contributed by atoms with van der Waals surface area (Å²) in [5, 5.41) is 13.8. The molecule has 1 nitrogen and oxygen atoms in total. The Morgan fingerprint density at radius 1 is 1.32 bits per heavy atom. The third kappa shape index (κ3) is 2.63. The normalized spacial score (nSPS) is 13.0. The van der Waals surface area contributed by atoms with E-state index in [9.17, 15) is 5.11 Å². The molecule has 0 saturated heterocycles. The number of rotatable bonds is 3. The van der Waals surface area contributed by atoms with Crippen LogP contribution in [-0.4, -0.2) is 5.11 Å². The molecule has 19 heavy (non-hydrogen) atoms. The Bertz CT molecular complexity index is 694. The van der Waals surface area contributed by atoms with Gasteiger partial charge in [-0.1, -0.05) is 18.2 Å². The zero-order valence-electron chi connectivity index (χ0n) is 10.4. The van der Waals surface area contributed by atoms with Crippen molar-refractivity contribution >= 4 is 48.7 Å². The maximum absolute atomic E-state index is 10.4. The van der Waals surface area contributed by atoms with Crippen LogP contribution in [0.4, 0.5) is 0 Å². The van der Waals surface area contributed by atoms with E-state index >= 15 is 0 Å². The molecule has 0 saturated carbocycles. The van der Waals surface area contributed by atoms with Crippen LogP contribution in [0.3, 0.4) is 0 Å². The maximum atomic E-state index is 10.4. The van der Waals surface area contributed by atoms with Crippen LogP contribution < -0.4 is 0 Å². The second kappa shape index (κ2) is 5.37. The van der Waals surface area contributed by atoms with Crippen LogP contribution in [0, 0.1) is 6.92 Å². The maximum Gasteiger partial charge on any atom is 0.0923 e. The number of aryl methyl sites for hydroxylation is 1. The summed E-state index contributed by atoms with van der Waals surface area (Å²) in [4.78, 5) is 2.24. The molecule has 0 spiro atoms. The van der Waals surface area contributed by atoms with Crippen LogP contribution in [0.5, 0.6) is 0 Å². The van der Waals surface area contributed by atoms with Gasteiger partial charge in [0.2, 0.25) is 0 Å². The Kier molecular flexibility index (Phi) is 3.76. The smallest absolute Gasteiger partial charge is 0.0923 e. The fourth-order valence-electron chi connectivity index (χ4n) is 2.15. The van der Waals surface area contributed by atoms with Gasteiger partial charge in [-0.3, -0.25) is 0 Å². The molecule has 3 rings (SSSR count). The molecule has 0 aliphatic heterocycles. The molecule has 4 heteroatoms. The number of aliphatic hydroxyl groups excluding tert-OH is 1. The van der Waals surface area contributed by atoms with E-state index in [1.54, 1.807) is 22.7 Å². The van der Waals surface area contributed by atoms with Gasteiger partial charge in [0.1, 0.15) is 0 Å². The molecule has 0 aliphatic rings. The largest absolute Gasteiger partial charge is 0.387 e. The van der Waals surface area contributed by atoms with Crippen molar-refractivity contribution in [2.24, 2.45) is 0 Å². The molecule has 1 aromatic carbocycles. The van der Waals surface area contributed by atoms with Gasteiger partial charge in [-0.05, 0) is 51.3 Å². The third-order valence-electron chi connectivity index (χ3n) is 3.18. The van der Waals surface area contributed by atoms with Gasteiger partial charge in [0.25, 0.3) is 0 Å². The Hall–Kier alpha value is -0.680. The first-order valence-corrected chi connectivity index (χ1v) is 8.53. The molecular formula is C15H13BrOS2. The van der Waals surface area contributed by atoms with Crippen molar-refractivity contribution in [3.63, 3.8) is 0 Å². The zero-order chi connectivity index (χ0) is 13.4. The minimum absolute atomic E-state index is 0.423. The quantitative estimate of drug-likeness (QED) is 0.677. The van der Waals surface area contributed by atoms with E-state index < -0.39 is 6.10 Å². The van der Waals surface area contributed by atoms with Crippen LogP contribution in [0.2, 0.25) is 0 Å². The fraction of sp³-hybridized carbons (Fsp3) is 0.200. The monoisotopic (exact) mass is 352 g/mol. The summed E-state index contributed by atoms with van der Waals surface area (Å²) in [5.41, 5.74) is 1.23. The summed E-state index contributed by atoms with van der Waals surface area (Å²) in [6, 6.07) is 10.4. The molecule has 2 heterocycles. The summed E-state index contributed by atoms with van der Waals surface area (Å²) >= 11 is 6.90. The molecule has 0 amide bonds. The predicted octanol–water partition coefficient (Wildman–Crippen LogP) is 5.31. The minimum atomic E-state index is -0.423. The highest BCUT2D eigenvalue weighted by Crippen LogP contribution is 2.34. The molecule has 3 aromatic rings. The summed E-state index contributed by atoms with van der Waals surface area (Å²) in [6.07, 6.45) is 0.254. The highest BCUT2D eigenvalue weighted by atomic mass is 79.9. The molecule has 0 fully saturated rings. The second-order valence-electron chi connectivity index (χ2n) is 4.53. The average Bonchev–Trinajstić information content (AvgIpc) is 2.95. The first kappa shape index (κ1) is 13.3. The number of aliphatic hydroxyl groups is 1. The zero-order valence-corrected chi connectivity index (χ0v) is 13.6. The number of thiophene rings is 2. The van der Waals surface area contributed by atoms with Gasteiger partial charge < -0.3 is 5.11 Å². The molecule has 0 bridgehead atoms. The van der Waals surface area contributed by atoms with Crippen LogP contribution in [0.1, 0.15) is 21.4 Å². The lowest BCUT2D eigenvalue weighted by Gasteiger charge is -2.07. The van der Waals surface area contributed by atoms with E-state index in [2.05, 4.69) is 52.5 Å². The van der Waals surface area contributed by atoms with Gasteiger partial charge in [-0.2, -0.15) is 0 Å². The standard InChI is InChI=1S/C15H13BrOS2/c1-9-12(16)7-15(19-9)13(17)6-10-8-18-14-5-3-2-4-11(10)14/h2-5,7-8,13,17H,6H2,1H3. The first-order valence-electron chi connectivity index (χ1n) is 6.04. The van der Waals surface area contributed by atoms with Crippen molar-refractivity contribution in [2.75, 3.05) is 0 Å². The van der Waals surface area contributed by atoms with Gasteiger partial charge >= 0.3 is 0 Å². The van der Waals surface area contributed by atoms with Gasteiger partial charge in [0.15, 0.2) is 0 Å². The van der Waals surface area contributed by atoms with E-state index in [0.717, 1.165) is 9.35 Å². The number of fused-ring (bicyclic) bond motifs is 1. The van der Waals surface area contributed by atoms with Gasteiger partial charge in [0.05, 0.1) is 6.10 Å². The minimum Gasteiger partial charge on any atom is -0.387 e. The van der Waals surface area contributed by atoms with E-state index in [1.165, 1.54) is 20.5 Å². The summed E-state index contributed by atoms with van der Waals surface area (Å²) in [5.74, 6) is 0. The van der Waals surface area contributed by atoms with Crippen molar-refractivity contribution in [1.29, 1.82) is 0 Å². The average molecular weight is 353 g/mol. The van der Waals surface area contributed by atoms with E-state index in [1.807, 2.05) is 6.07 Å². The molecule has 98 valence electrons. The van der Waals surface area contributed by atoms with Crippen molar-refractivity contribution in [1.82, 2.24) is 0 Å². The SMILES string of the molecule is Cc1sc(C(O)Cc2csc3ccccc23)cc1Br. The number of halogens is 1. The lowest BCUT2D eigenvalue weighted by Crippen LogP contribution is -1.98. The molecule has 0 radical (unpaired) electrons. The van der Waals surface area contributed by atoms with Gasteiger partial charge in [-0.15, -0.1) is 22.7 Å². The first-order chi connectivity index (χ1) is 9.15. The number of hydrogen-bond donors (Lipinski definition) is 1. The van der Waals surface area contributed by atoms with E-state index in [4.69, 9.17) is 0 Å². The molecular weight excluding hydrogens is 340 g/mol. The molecule has 0 aliphatic carbocycles. The van der Waals surface area contributed by atoms with Gasteiger partial charge in [-0.25, -0.2) is 0 Å². The predicted molar refractivity (Wildman–Crippen MR) is 87.2 cm³/mol. The Morgan fingerprint density at radius 3 is 2.84 bits per heavy atom. The molecule has 1 N–H and O–H groups in total. The lowest BCUT2D eigenvalue weighted by molar-refractivity contribution is 0.183. The van der Waals surface area contributed by atoms with Crippen molar-refractivity contribution in [3.8, 4) is 0 Å². The fourth-order valence-corrected chi connectivity index (χ4v) is 4.67. The second-order valence-corrected chi connectivity index (χ2v) is 7.58. The van der Waals surface area contributed by atoms with Crippen molar-refractivity contribution < 1.29 is 5.11 Å². The van der Waals surface area contributed by atoms with Crippen LogP contribution in [0.15, 0.2) is 40.2 Å². The number of benzene rings is 1. The summed E-state index contributed by atoms with van der Waals surface area (Å²) in [6.45, 7) is 2.06. The topological polar surface area (TPSA) is 20.2 Å². The molecule has 1 unspecified atom stereocenters. The molecule has 1 atom stereocenters. The Morgan fingerprint density at radius 2 is 2.11 bits per heavy atom. The van der Waals surface area contributed by atoms with Crippen LogP contribution >= 0.6 is 38.6 Å². The molecule has 2 aromatic heterocycles.